The Morgan fingerprint density at radius 1 is 1.00 bits per heavy atom. The van der Waals surface area contributed by atoms with Gasteiger partial charge in [0, 0.05) is 0 Å². The average Bonchev–Trinajstić information content (AvgIpc) is 1.61. The molecular weight excluding hydrogens is 67.3 g/mol. The lowest BCUT2D eigenvalue weighted by atomic mass is 9.50. The van der Waals surface area contributed by atoms with Gasteiger partial charge in [0.2, 0.25) is 0 Å². The van der Waals surface area contributed by atoms with Crippen LogP contribution in [0.3, 0.4) is 0 Å². The highest BCUT2D eigenvalue weighted by Crippen LogP contribution is 1.56. The molecule has 0 aliphatic heterocycles. The number of hydrogen-bond donors (Lipinski definition) is 0. The molecule has 0 N–H and O–H groups in total. The van der Waals surface area contributed by atoms with E-state index in [-0.39, 0.29) is 0 Å². The Labute approximate surface area is 42.7 Å². The number of rotatable bonds is 2. The van der Waals surface area contributed by atoms with Gasteiger partial charge in [-0.15, -0.1) is 12.0 Å². The molecule has 4 heteroatoms. The highest BCUT2D eigenvalue weighted by atomic mass is 13.2. The molecule has 0 aromatic carbocycles. The molecule has 0 saturated heterocycles. The van der Waals surface area contributed by atoms with Crippen molar-refractivity contribution in [2.45, 2.75) is 0 Å². The summed E-state index contributed by atoms with van der Waals surface area (Å²) in [5.41, 5.74) is 0. The SMILES string of the molecule is BB/C=C\BB. The Kier molecular flexibility index (Phi) is 5.00. The molecule has 6 heavy (non-hydrogen) atoms. The summed E-state index contributed by atoms with van der Waals surface area (Å²) in [7, 11) is 6.64. The van der Waals surface area contributed by atoms with Crippen LogP contribution < -0.4 is 0 Å². The monoisotopic (exact) mass is 76.1 g/mol. The van der Waals surface area contributed by atoms with E-state index >= 15 is 0 Å². The molecule has 0 rings (SSSR count). The fourth-order valence-electron chi connectivity index (χ4n) is 0.333. The summed E-state index contributed by atoms with van der Waals surface area (Å²) < 4.78 is 0. The molecule has 0 bridgehead atoms. The van der Waals surface area contributed by atoms with Crippen molar-refractivity contribution in [1.29, 1.82) is 0 Å². The zero-order valence-corrected chi connectivity index (χ0v) is 4.57. The van der Waals surface area contributed by atoms with E-state index in [1.54, 1.807) is 0 Å². The molecule has 0 unspecified atom stereocenters. The first-order valence-corrected chi connectivity index (χ1v) is 2.56. The quantitative estimate of drug-likeness (QED) is 0.317. The molecule has 28 valence electrons. The Hall–Kier alpha value is -0.000260. The highest BCUT2D eigenvalue weighted by Gasteiger charge is 1.66. The molecule has 0 heterocycles. The second-order valence-corrected chi connectivity index (χ2v) is 1.29. The average molecular weight is 75.3 g/mol. The van der Waals surface area contributed by atoms with E-state index in [0.717, 1.165) is 0 Å². The van der Waals surface area contributed by atoms with Gasteiger partial charge in [0.1, 0.15) is 14.3 Å². The Morgan fingerprint density at radius 3 is 1.50 bits per heavy atom. The topological polar surface area (TPSA) is 0 Å². The van der Waals surface area contributed by atoms with Crippen LogP contribution in [0.5, 0.6) is 0 Å². The van der Waals surface area contributed by atoms with Crippen molar-refractivity contribution in [2.75, 3.05) is 0 Å². The van der Waals surface area contributed by atoms with Crippen LogP contribution in [0.25, 0.3) is 0 Å². The van der Waals surface area contributed by atoms with E-state index in [0.29, 0.717) is 0 Å². The summed E-state index contributed by atoms with van der Waals surface area (Å²) in [5.74, 6) is 4.36. The molecule has 0 fully saturated rings. The van der Waals surface area contributed by atoms with Gasteiger partial charge in [-0.05, 0) is 0 Å². The molecule has 0 nitrogen and oxygen atoms in total. The lowest BCUT2D eigenvalue weighted by Crippen LogP contribution is -1.84. The van der Waals surface area contributed by atoms with Gasteiger partial charge in [-0.1, -0.05) is 0 Å². The van der Waals surface area contributed by atoms with E-state index in [2.05, 4.69) is 27.4 Å². The Morgan fingerprint density at radius 2 is 1.33 bits per heavy atom. The third kappa shape index (κ3) is 4.00. The first kappa shape index (κ1) is 6.00. The molecule has 0 aliphatic rings. The van der Waals surface area contributed by atoms with Gasteiger partial charge in [-0.25, -0.2) is 0 Å². The van der Waals surface area contributed by atoms with Crippen molar-refractivity contribution in [3.05, 3.63) is 12.0 Å². The van der Waals surface area contributed by atoms with Crippen molar-refractivity contribution in [1.82, 2.24) is 0 Å². The summed E-state index contributed by atoms with van der Waals surface area (Å²) in [6.07, 6.45) is 0. The van der Waals surface area contributed by atoms with Gasteiger partial charge in [-0.2, -0.15) is 0 Å². The maximum Gasteiger partial charge on any atom is 0.107 e. The van der Waals surface area contributed by atoms with E-state index in [1.807, 2.05) is 0 Å². The fraction of sp³-hybridized carbons (Fsp3) is 0. The summed E-state index contributed by atoms with van der Waals surface area (Å²) in [4.78, 5) is 0. The summed E-state index contributed by atoms with van der Waals surface area (Å²) in [6, 6.07) is 0. The predicted octanol–water partition coefficient (Wildman–Crippen LogP) is -2.57. The van der Waals surface area contributed by atoms with Crippen LogP contribution in [0.4, 0.5) is 0 Å². The van der Waals surface area contributed by atoms with Crippen molar-refractivity contribution in [3.8, 4) is 0 Å². The smallest absolute Gasteiger partial charge is 0.107 e. The first-order valence-electron chi connectivity index (χ1n) is 2.56. The minimum Gasteiger partial charge on any atom is -0.142 e. The van der Waals surface area contributed by atoms with Crippen molar-refractivity contribution in [2.24, 2.45) is 0 Å². The summed E-state index contributed by atoms with van der Waals surface area (Å²) >= 11 is 0. The Balaban J connectivity index is 2.73. The van der Waals surface area contributed by atoms with Crippen molar-refractivity contribution < 1.29 is 0 Å². The van der Waals surface area contributed by atoms with Crippen LogP contribution >= 0.6 is 0 Å². The molecular formula is C2H8B4. The van der Waals surface area contributed by atoms with Gasteiger partial charge in [0.15, 0.2) is 0 Å². The van der Waals surface area contributed by atoms with Crippen LogP contribution in [0, 0.1) is 0 Å². The lowest BCUT2D eigenvalue weighted by molar-refractivity contribution is 2.47. The van der Waals surface area contributed by atoms with Gasteiger partial charge in [-0.3, -0.25) is 0 Å². The predicted molar refractivity (Wildman–Crippen MR) is 40.5 cm³/mol. The van der Waals surface area contributed by atoms with E-state index in [9.17, 15) is 0 Å². The third-order valence-corrected chi connectivity index (χ3v) is 0.638. The van der Waals surface area contributed by atoms with Crippen molar-refractivity contribution >= 4 is 29.8 Å². The third-order valence-electron chi connectivity index (χ3n) is 0.638. The Bertz CT molecular complexity index is 34.8. The van der Waals surface area contributed by atoms with Gasteiger partial charge in [0.25, 0.3) is 0 Å². The normalized spacial score (nSPS) is 8.67. The number of hydrogen-bond acceptors (Lipinski definition) is 0. The molecule has 0 aromatic heterocycles. The van der Waals surface area contributed by atoms with Crippen LogP contribution in [0.15, 0.2) is 12.0 Å². The van der Waals surface area contributed by atoms with Gasteiger partial charge in [0.05, 0.1) is 15.5 Å². The van der Waals surface area contributed by atoms with Crippen molar-refractivity contribution in [3.63, 3.8) is 0 Å². The van der Waals surface area contributed by atoms with E-state index in [4.69, 9.17) is 0 Å². The van der Waals surface area contributed by atoms with Crippen LogP contribution in [0.1, 0.15) is 0 Å². The highest BCUT2D eigenvalue weighted by molar-refractivity contribution is 6.96. The maximum atomic E-state index is 2.18. The fourth-order valence-corrected chi connectivity index (χ4v) is 0.333. The zero-order chi connectivity index (χ0) is 4.83. The van der Waals surface area contributed by atoms with E-state index < -0.39 is 0 Å². The molecule has 0 spiro atoms. The standard InChI is InChI=1S/C2H8B4/c3-5-1-2-6-4/h1-2,5-6H,3-4H2/b2-1-. The minimum atomic E-state index is 1.17. The van der Waals surface area contributed by atoms with Gasteiger partial charge >= 0.3 is 0 Å². The maximum absolute atomic E-state index is 2.18. The van der Waals surface area contributed by atoms with Crippen LogP contribution in [-0.2, 0) is 0 Å². The van der Waals surface area contributed by atoms with Crippen LogP contribution in [0.2, 0.25) is 0 Å². The summed E-state index contributed by atoms with van der Waals surface area (Å²) in [6.45, 7) is 0. The summed E-state index contributed by atoms with van der Waals surface area (Å²) in [5, 5.41) is 0. The lowest BCUT2D eigenvalue weighted by Gasteiger charge is -1.67. The molecule has 0 aliphatic carbocycles. The zero-order valence-electron chi connectivity index (χ0n) is 4.57. The molecule has 0 radical (unpaired) electrons. The second kappa shape index (κ2) is 5.00. The molecule has 0 amide bonds. The van der Waals surface area contributed by atoms with Crippen LogP contribution in [-0.4, -0.2) is 29.8 Å². The molecule has 0 saturated carbocycles. The molecule has 0 atom stereocenters. The minimum absolute atomic E-state index is 1.17. The van der Waals surface area contributed by atoms with E-state index in [1.165, 1.54) is 14.3 Å². The largest absolute Gasteiger partial charge is 0.142 e. The second-order valence-electron chi connectivity index (χ2n) is 1.29. The first-order chi connectivity index (χ1) is 2.91. The molecule has 0 aromatic rings. The van der Waals surface area contributed by atoms with Gasteiger partial charge < -0.3 is 0 Å².